The van der Waals surface area contributed by atoms with Gasteiger partial charge in [0.2, 0.25) is 5.28 Å². The molecule has 0 amide bonds. The van der Waals surface area contributed by atoms with Gasteiger partial charge in [0, 0.05) is 0 Å². The molecule has 0 fully saturated rings. The van der Waals surface area contributed by atoms with Crippen molar-refractivity contribution in [2.24, 2.45) is 5.10 Å². The Morgan fingerprint density at radius 1 is 1.29 bits per heavy atom. The first kappa shape index (κ1) is 13.3. The molecule has 21 heavy (non-hydrogen) atoms. The van der Waals surface area contributed by atoms with Crippen molar-refractivity contribution in [3.8, 4) is 5.75 Å². The number of anilines is 1. The average molecular weight is 303 g/mol. The van der Waals surface area contributed by atoms with Crippen LogP contribution in [-0.4, -0.2) is 33.3 Å². The zero-order chi connectivity index (χ0) is 14.7. The van der Waals surface area contributed by atoms with Crippen LogP contribution in [0.1, 0.15) is 5.56 Å². The molecule has 3 rings (SSSR count). The summed E-state index contributed by atoms with van der Waals surface area (Å²) in [7, 11) is 1.62. The number of hydrazone groups is 1. The van der Waals surface area contributed by atoms with Crippen molar-refractivity contribution in [3.63, 3.8) is 0 Å². The standard InChI is InChI=1S/C13H11ClN6O/c1-21-9-4-2-8(3-5-9)6-17-20-12-10-11(16-7-15-10)18-13(14)19-12/h2-7H,1H3,(H2,15,16,18,19,20)/b17-6+. The van der Waals surface area contributed by atoms with E-state index >= 15 is 0 Å². The highest BCUT2D eigenvalue weighted by molar-refractivity contribution is 6.28. The largest absolute Gasteiger partial charge is 0.497 e. The van der Waals surface area contributed by atoms with Gasteiger partial charge in [-0.3, -0.25) is 5.43 Å². The molecular formula is C13H11ClN6O. The lowest BCUT2D eigenvalue weighted by Crippen LogP contribution is -1.97. The van der Waals surface area contributed by atoms with Crippen molar-refractivity contribution in [1.29, 1.82) is 0 Å². The SMILES string of the molecule is COc1ccc(/C=N/Nc2nc(Cl)nc3nc[nH]c23)cc1. The summed E-state index contributed by atoms with van der Waals surface area (Å²) in [5, 5.41) is 4.23. The predicted molar refractivity (Wildman–Crippen MR) is 80.9 cm³/mol. The Morgan fingerprint density at radius 2 is 2.10 bits per heavy atom. The Labute approximate surface area is 125 Å². The summed E-state index contributed by atoms with van der Waals surface area (Å²) < 4.78 is 5.09. The number of hydrogen-bond donors (Lipinski definition) is 2. The number of rotatable bonds is 4. The minimum Gasteiger partial charge on any atom is -0.497 e. The molecule has 0 aliphatic heterocycles. The van der Waals surface area contributed by atoms with Gasteiger partial charge >= 0.3 is 0 Å². The molecule has 2 heterocycles. The average Bonchev–Trinajstić information content (AvgIpc) is 2.96. The van der Waals surface area contributed by atoms with Gasteiger partial charge in [-0.25, -0.2) is 4.98 Å². The monoisotopic (exact) mass is 302 g/mol. The van der Waals surface area contributed by atoms with Gasteiger partial charge in [-0.15, -0.1) is 0 Å². The van der Waals surface area contributed by atoms with E-state index in [0.717, 1.165) is 11.3 Å². The van der Waals surface area contributed by atoms with E-state index in [-0.39, 0.29) is 5.28 Å². The normalized spacial score (nSPS) is 11.1. The van der Waals surface area contributed by atoms with Crippen LogP contribution in [0, 0.1) is 0 Å². The number of imidazole rings is 1. The van der Waals surface area contributed by atoms with Gasteiger partial charge in [0.1, 0.15) is 11.3 Å². The summed E-state index contributed by atoms with van der Waals surface area (Å²) >= 11 is 5.83. The third-order valence-electron chi connectivity index (χ3n) is 2.76. The highest BCUT2D eigenvalue weighted by Gasteiger charge is 2.07. The molecule has 3 aromatic rings. The first-order valence-electron chi connectivity index (χ1n) is 6.06. The summed E-state index contributed by atoms with van der Waals surface area (Å²) in [6, 6.07) is 7.50. The number of nitrogens with one attached hydrogen (secondary N) is 2. The van der Waals surface area contributed by atoms with Gasteiger partial charge in [0.05, 0.1) is 19.7 Å². The number of halogens is 1. The van der Waals surface area contributed by atoms with E-state index in [4.69, 9.17) is 16.3 Å². The first-order valence-corrected chi connectivity index (χ1v) is 6.44. The molecule has 0 atom stereocenters. The molecule has 0 bridgehead atoms. The lowest BCUT2D eigenvalue weighted by molar-refractivity contribution is 0.415. The van der Waals surface area contributed by atoms with E-state index in [2.05, 4.69) is 30.5 Å². The zero-order valence-corrected chi connectivity index (χ0v) is 11.8. The molecule has 0 saturated carbocycles. The van der Waals surface area contributed by atoms with Gasteiger partial charge in [-0.1, -0.05) is 0 Å². The molecule has 0 saturated heterocycles. The quantitative estimate of drug-likeness (QED) is 0.439. The number of hydrogen-bond acceptors (Lipinski definition) is 6. The Bertz CT molecular complexity index is 783. The van der Waals surface area contributed by atoms with Crippen molar-refractivity contribution >= 4 is 34.8 Å². The first-order chi connectivity index (χ1) is 10.3. The van der Waals surface area contributed by atoms with Gasteiger partial charge in [0.25, 0.3) is 0 Å². The minimum absolute atomic E-state index is 0.108. The van der Waals surface area contributed by atoms with Crippen LogP contribution in [-0.2, 0) is 0 Å². The van der Waals surface area contributed by atoms with E-state index in [9.17, 15) is 0 Å². The molecule has 0 unspecified atom stereocenters. The van der Waals surface area contributed by atoms with Crippen molar-refractivity contribution in [2.75, 3.05) is 12.5 Å². The molecule has 7 nitrogen and oxygen atoms in total. The molecule has 0 radical (unpaired) electrons. The molecule has 1 aromatic carbocycles. The summed E-state index contributed by atoms with van der Waals surface area (Å²) in [5.74, 6) is 1.26. The van der Waals surface area contributed by atoms with Crippen LogP contribution >= 0.6 is 11.6 Å². The van der Waals surface area contributed by atoms with Crippen LogP contribution < -0.4 is 10.2 Å². The maximum absolute atomic E-state index is 5.83. The van der Waals surface area contributed by atoms with Crippen molar-refractivity contribution < 1.29 is 4.74 Å². The van der Waals surface area contributed by atoms with E-state index < -0.39 is 0 Å². The maximum atomic E-state index is 5.83. The van der Waals surface area contributed by atoms with Gasteiger partial charge in [-0.05, 0) is 41.4 Å². The number of aromatic nitrogens is 4. The molecular weight excluding hydrogens is 292 g/mol. The number of fused-ring (bicyclic) bond motifs is 1. The third kappa shape index (κ3) is 2.92. The molecule has 8 heteroatoms. The molecule has 0 aliphatic rings. The van der Waals surface area contributed by atoms with Crippen LogP contribution in [0.3, 0.4) is 0 Å². The van der Waals surface area contributed by atoms with Crippen LogP contribution in [0.25, 0.3) is 11.2 Å². The highest BCUT2D eigenvalue weighted by Crippen LogP contribution is 2.18. The van der Waals surface area contributed by atoms with Crippen molar-refractivity contribution in [1.82, 2.24) is 19.9 Å². The second-order valence-electron chi connectivity index (χ2n) is 4.09. The van der Waals surface area contributed by atoms with E-state index in [1.807, 2.05) is 24.3 Å². The number of benzene rings is 1. The van der Waals surface area contributed by atoms with Crippen LogP contribution in [0.2, 0.25) is 5.28 Å². The number of aromatic amines is 1. The topological polar surface area (TPSA) is 88.1 Å². The van der Waals surface area contributed by atoms with Crippen LogP contribution in [0.4, 0.5) is 5.82 Å². The second-order valence-corrected chi connectivity index (χ2v) is 4.42. The molecule has 106 valence electrons. The zero-order valence-electron chi connectivity index (χ0n) is 11.0. The molecule has 2 N–H and O–H groups in total. The van der Waals surface area contributed by atoms with Gasteiger partial charge in [0.15, 0.2) is 11.5 Å². The Morgan fingerprint density at radius 3 is 2.86 bits per heavy atom. The molecule has 0 aliphatic carbocycles. The van der Waals surface area contributed by atoms with Crippen LogP contribution in [0.5, 0.6) is 5.75 Å². The number of methoxy groups -OCH3 is 1. The molecule has 2 aromatic heterocycles. The van der Waals surface area contributed by atoms with Crippen LogP contribution in [0.15, 0.2) is 35.7 Å². The highest BCUT2D eigenvalue weighted by atomic mass is 35.5. The number of nitrogens with zero attached hydrogens (tertiary/aromatic N) is 4. The fourth-order valence-electron chi connectivity index (χ4n) is 1.75. The fraction of sp³-hybridized carbons (Fsp3) is 0.0769. The summed E-state index contributed by atoms with van der Waals surface area (Å²) in [5.41, 5.74) is 4.87. The van der Waals surface area contributed by atoms with Crippen molar-refractivity contribution in [2.45, 2.75) is 0 Å². The van der Waals surface area contributed by atoms with E-state index in [1.165, 1.54) is 6.33 Å². The van der Waals surface area contributed by atoms with Crippen molar-refractivity contribution in [3.05, 3.63) is 41.4 Å². The number of H-pyrrole nitrogens is 1. The lowest BCUT2D eigenvalue weighted by atomic mass is 10.2. The molecule has 0 spiro atoms. The van der Waals surface area contributed by atoms with E-state index in [1.54, 1.807) is 13.3 Å². The predicted octanol–water partition coefficient (Wildman–Crippen LogP) is 2.46. The lowest BCUT2D eigenvalue weighted by Gasteiger charge is -2.01. The fourth-order valence-corrected chi connectivity index (χ4v) is 1.91. The second kappa shape index (κ2) is 5.76. The minimum atomic E-state index is 0.108. The Hall–Kier alpha value is -2.67. The summed E-state index contributed by atoms with van der Waals surface area (Å²) in [6.45, 7) is 0. The number of ether oxygens (including phenoxy) is 1. The smallest absolute Gasteiger partial charge is 0.226 e. The van der Waals surface area contributed by atoms with E-state index in [0.29, 0.717) is 17.0 Å². The summed E-state index contributed by atoms with van der Waals surface area (Å²) in [6.07, 6.45) is 3.19. The third-order valence-corrected chi connectivity index (χ3v) is 2.93. The van der Waals surface area contributed by atoms with Gasteiger partial charge < -0.3 is 9.72 Å². The Kier molecular flexibility index (Phi) is 3.65. The van der Waals surface area contributed by atoms with Gasteiger partial charge in [-0.2, -0.15) is 15.1 Å². The summed E-state index contributed by atoms with van der Waals surface area (Å²) in [4.78, 5) is 15.0. The maximum Gasteiger partial charge on any atom is 0.226 e. The Balaban J connectivity index is 1.79.